The van der Waals surface area contributed by atoms with Gasteiger partial charge < -0.3 is 35.1 Å². The van der Waals surface area contributed by atoms with Crippen LogP contribution in [0.15, 0.2) is 24.3 Å². The summed E-state index contributed by atoms with van der Waals surface area (Å²) in [5.41, 5.74) is 4.54. The van der Waals surface area contributed by atoms with E-state index >= 15 is 0 Å². The number of carbonyl (C=O) groups is 4. The van der Waals surface area contributed by atoms with E-state index in [1.54, 1.807) is 0 Å². The molecule has 15 heteroatoms. The standard InChI is InChI=1S/C26H33N3O6.C18H29N3O3/c1-4-19-21-20(13-26(14-27-22(21)30)8-10-34-11-9-26)29(28-19)15-25(2,3)16-35-24(33)18-7-5-6-17(12-18)23(31)32;1-4-13-15-14(21(20-13)11-17(2,3)12-22)9-18(10-19-16(15)23)5-7-24-8-6-18/h5-7,12H,4,8-11,13-16H2,1-3H3,(H,27,30)(H,31,32);22H,4-12H2,1-3H3,(H,19,23). The molecule has 4 aliphatic heterocycles. The first-order valence-corrected chi connectivity index (χ1v) is 21.0. The molecular formula is C44H62N6O9. The third-order valence-electron chi connectivity index (χ3n) is 12.3. The molecule has 0 unspecified atom stereocenters. The van der Waals surface area contributed by atoms with Crippen molar-refractivity contribution in [2.24, 2.45) is 21.7 Å². The van der Waals surface area contributed by atoms with Crippen LogP contribution in [0, 0.1) is 21.7 Å². The second-order valence-corrected chi connectivity index (χ2v) is 18.5. The molecule has 3 aromatic rings. The van der Waals surface area contributed by atoms with E-state index in [0.29, 0.717) is 51.4 Å². The van der Waals surface area contributed by atoms with Gasteiger partial charge in [0.15, 0.2) is 0 Å². The monoisotopic (exact) mass is 818 g/mol. The van der Waals surface area contributed by atoms with Crippen LogP contribution in [0.1, 0.15) is 131 Å². The van der Waals surface area contributed by atoms with Crippen LogP contribution in [-0.4, -0.2) is 106 Å². The molecule has 7 rings (SSSR count). The summed E-state index contributed by atoms with van der Waals surface area (Å²) in [6.07, 6.45) is 6.66. The summed E-state index contributed by atoms with van der Waals surface area (Å²) >= 11 is 0. The zero-order valence-corrected chi connectivity index (χ0v) is 35.6. The van der Waals surface area contributed by atoms with Crippen LogP contribution in [0.5, 0.6) is 0 Å². The molecule has 4 N–H and O–H groups in total. The minimum Gasteiger partial charge on any atom is -0.478 e. The Bertz CT molecular complexity index is 2020. The molecule has 322 valence electrons. The highest BCUT2D eigenvalue weighted by molar-refractivity contribution is 5.98. The van der Waals surface area contributed by atoms with Crippen LogP contribution in [-0.2, 0) is 53.0 Å². The third-order valence-corrected chi connectivity index (χ3v) is 12.3. The van der Waals surface area contributed by atoms with E-state index < -0.39 is 17.4 Å². The summed E-state index contributed by atoms with van der Waals surface area (Å²) < 4.78 is 20.6. The van der Waals surface area contributed by atoms with Crippen LogP contribution in [0.25, 0.3) is 0 Å². The number of carboxylic acid groups (broad SMARTS) is 1. The van der Waals surface area contributed by atoms with Gasteiger partial charge >= 0.3 is 11.9 Å². The molecule has 0 radical (unpaired) electrons. The maximum atomic E-state index is 13.0. The molecule has 2 saturated heterocycles. The van der Waals surface area contributed by atoms with Crippen molar-refractivity contribution in [1.29, 1.82) is 0 Å². The van der Waals surface area contributed by atoms with E-state index in [2.05, 4.69) is 10.6 Å². The van der Waals surface area contributed by atoms with Crippen molar-refractivity contribution in [3.8, 4) is 0 Å². The van der Waals surface area contributed by atoms with Crippen molar-refractivity contribution in [3.05, 3.63) is 69.3 Å². The highest BCUT2D eigenvalue weighted by Crippen LogP contribution is 2.39. The topological polar surface area (TPSA) is 196 Å². The Morgan fingerprint density at radius 2 is 1.24 bits per heavy atom. The Morgan fingerprint density at radius 1 is 0.780 bits per heavy atom. The molecule has 0 aliphatic carbocycles. The minimum absolute atomic E-state index is 0.00160. The molecule has 59 heavy (non-hydrogen) atoms. The van der Waals surface area contributed by atoms with Gasteiger partial charge in [-0.05, 0) is 80.4 Å². The number of aromatic carboxylic acids is 1. The first-order chi connectivity index (χ1) is 28.0. The lowest BCUT2D eigenvalue weighted by atomic mass is 9.76. The van der Waals surface area contributed by atoms with Crippen LogP contribution in [0.3, 0.4) is 0 Å². The van der Waals surface area contributed by atoms with Gasteiger partial charge in [-0.1, -0.05) is 47.6 Å². The van der Waals surface area contributed by atoms with Crippen molar-refractivity contribution in [2.75, 3.05) is 52.7 Å². The molecule has 6 heterocycles. The van der Waals surface area contributed by atoms with Crippen molar-refractivity contribution in [3.63, 3.8) is 0 Å². The van der Waals surface area contributed by atoms with Gasteiger partial charge in [0.2, 0.25) is 0 Å². The number of carbonyl (C=O) groups excluding carboxylic acids is 3. The van der Waals surface area contributed by atoms with Gasteiger partial charge in [0.1, 0.15) is 0 Å². The zero-order valence-electron chi connectivity index (χ0n) is 35.6. The van der Waals surface area contributed by atoms with Gasteiger partial charge in [0, 0.05) is 70.0 Å². The maximum Gasteiger partial charge on any atom is 0.338 e. The number of rotatable bonds is 11. The van der Waals surface area contributed by atoms with E-state index in [1.165, 1.54) is 24.3 Å². The molecule has 0 saturated carbocycles. The number of fused-ring (bicyclic) bond motifs is 2. The van der Waals surface area contributed by atoms with Crippen molar-refractivity contribution in [2.45, 2.75) is 106 Å². The molecule has 4 aliphatic rings. The van der Waals surface area contributed by atoms with Gasteiger partial charge in [-0.15, -0.1) is 0 Å². The van der Waals surface area contributed by atoms with Gasteiger partial charge in [-0.3, -0.25) is 19.0 Å². The molecule has 15 nitrogen and oxygen atoms in total. The lowest BCUT2D eigenvalue weighted by molar-refractivity contribution is 0.0145. The second kappa shape index (κ2) is 17.9. The molecule has 2 amide bonds. The Kier molecular flexibility index (Phi) is 13.4. The first kappa shape index (κ1) is 44.0. The summed E-state index contributed by atoms with van der Waals surface area (Å²) in [7, 11) is 0. The SMILES string of the molecule is CCc1nn(CC(C)(C)CO)c2c1C(=O)NCC1(CCOCC1)C2.CCc1nn(CC(C)(C)COC(=O)c2cccc(C(=O)O)c2)c2c1C(=O)NCC1(CCOCC1)C2. The fourth-order valence-corrected chi connectivity index (χ4v) is 8.64. The molecule has 0 bridgehead atoms. The number of aryl methyl sites for hydroxylation is 2. The minimum atomic E-state index is -1.10. The van der Waals surface area contributed by atoms with Crippen LogP contribution < -0.4 is 10.6 Å². The number of aliphatic hydroxyl groups is 1. The summed E-state index contributed by atoms with van der Waals surface area (Å²) in [6, 6.07) is 5.80. The highest BCUT2D eigenvalue weighted by atomic mass is 16.5. The van der Waals surface area contributed by atoms with E-state index in [4.69, 9.17) is 29.5 Å². The number of hydrogen-bond acceptors (Lipinski definition) is 10. The average Bonchev–Trinajstić information content (AvgIpc) is 3.64. The smallest absolute Gasteiger partial charge is 0.338 e. The van der Waals surface area contributed by atoms with Gasteiger partial charge in [-0.2, -0.15) is 10.2 Å². The molecule has 1 aromatic carbocycles. The average molecular weight is 819 g/mol. The molecular weight excluding hydrogens is 757 g/mol. The van der Waals surface area contributed by atoms with Gasteiger partial charge in [0.05, 0.1) is 51.6 Å². The Hall–Kier alpha value is -4.60. The number of aliphatic hydroxyl groups excluding tert-OH is 1. The molecule has 2 aromatic heterocycles. The lowest BCUT2D eigenvalue weighted by Crippen LogP contribution is -2.41. The van der Waals surface area contributed by atoms with Crippen LogP contribution >= 0.6 is 0 Å². The fourth-order valence-electron chi connectivity index (χ4n) is 8.64. The van der Waals surface area contributed by atoms with Crippen LogP contribution in [0.2, 0.25) is 0 Å². The number of ether oxygens (including phenoxy) is 3. The number of carboxylic acids is 1. The molecule has 2 fully saturated rings. The number of aromatic nitrogens is 4. The van der Waals surface area contributed by atoms with Crippen LogP contribution in [0.4, 0.5) is 0 Å². The summed E-state index contributed by atoms with van der Waals surface area (Å²) in [5, 5.41) is 34.6. The number of nitrogens with zero attached hydrogens (tertiary/aromatic N) is 4. The summed E-state index contributed by atoms with van der Waals surface area (Å²) in [5.74, 6) is -1.75. The van der Waals surface area contributed by atoms with Gasteiger partial charge in [-0.25, -0.2) is 9.59 Å². The Balaban J connectivity index is 0.000000213. The van der Waals surface area contributed by atoms with Gasteiger partial charge in [0.25, 0.3) is 11.8 Å². The predicted molar refractivity (Wildman–Crippen MR) is 219 cm³/mol. The summed E-state index contributed by atoms with van der Waals surface area (Å²) in [6.45, 7) is 17.5. The number of hydrogen-bond donors (Lipinski definition) is 4. The second-order valence-electron chi connectivity index (χ2n) is 18.5. The van der Waals surface area contributed by atoms with E-state index in [9.17, 15) is 24.3 Å². The van der Waals surface area contributed by atoms with E-state index in [-0.39, 0.29) is 52.4 Å². The molecule has 0 atom stereocenters. The van der Waals surface area contributed by atoms with E-state index in [0.717, 1.165) is 86.5 Å². The third kappa shape index (κ3) is 10.1. The normalized spacial score (nSPS) is 18.7. The maximum absolute atomic E-state index is 13.0. The number of amides is 2. The zero-order chi connectivity index (χ0) is 42.6. The predicted octanol–water partition coefficient (Wildman–Crippen LogP) is 4.66. The Labute approximate surface area is 346 Å². The lowest BCUT2D eigenvalue weighted by Gasteiger charge is -2.36. The number of nitrogens with one attached hydrogen (secondary N) is 2. The molecule has 2 spiro atoms. The van der Waals surface area contributed by atoms with Crippen molar-refractivity contribution in [1.82, 2.24) is 30.2 Å². The van der Waals surface area contributed by atoms with E-state index in [1.807, 2.05) is 50.9 Å². The summed E-state index contributed by atoms with van der Waals surface area (Å²) in [4.78, 5) is 49.5. The number of esters is 1. The largest absolute Gasteiger partial charge is 0.478 e. The fraction of sp³-hybridized carbons (Fsp3) is 0.636. The first-order valence-electron chi connectivity index (χ1n) is 21.0. The highest BCUT2D eigenvalue weighted by Gasteiger charge is 2.42. The quantitative estimate of drug-likeness (QED) is 0.197. The van der Waals surface area contributed by atoms with Crippen molar-refractivity contribution >= 4 is 23.8 Å². The Morgan fingerprint density at radius 3 is 1.68 bits per heavy atom. The van der Waals surface area contributed by atoms with Crippen molar-refractivity contribution < 1.29 is 43.6 Å². The number of benzene rings is 1.